The van der Waals surface area contributed by atoms with Gasteiger partial charge >= 0.3 is 0 Å². The fourth-order valence-corrected chi connectivity index (χ4v) is 4.03. The molecule has 1 heterocycles. The second kappa shape index (κ2) is 8.65. The molecule has 2 aromatic rings. The number of thioether (sulfide) groups is 1. The zero-order valence-corrected chi connectivity index (χ0v) is 17.9. The van der Waals surface area contributed by atoms with E-state index in [4.69, 9.17) is 40.2 Å². The number of nitrogens with zero attached hydrogens (tertiary/aromatic N) is 1. The van der Waals surface area contributed by atoms with Gasteiger partial charge in [-0.3, -0.25) is 9.69 Å². The molecule has 1 fully saturated rings. The van der Waals surface area contributed by atoms with Crippen molar-refractivity contribution in [1.82, 2.24) is 0 Å². The van der Waals surface area contributed by atoms with Crippen LogP contribution in [0.1, 0.15) is 19.4 Å². The Kier molecular flexibility index (Phi) is 6.48. The van der Waals surface area contributed by atoms with Gasteiger partial charge in [-0.25, -0.2) is 0 Å². The summed E-state index contributed by atoms with van der Waals surface area (Å²) in [7, 11) is 0. The Morgan fingerprint density at radius 2 is 1.93 bits per heavy atom. The number of para-hydroxylation sites is 1. The maximum Gasteiger partial charge on any atom is 0.270 e. The van der Waals surface area contributed by atoms with E-state index in [9.17, 15) is 4.79 Å². The van der Waals surface area contributed by atoms with Crippen LogP contribution in [0.3, 0.4) is 0 Å². The SMILES string of the molecule is CC(C)COc1ccccc1/C=C1\SC(=S)N(c2ccc(Cl)c(Cl)c2)C1=O. The zero-order chi connectivity index (χ0) is 19.6. The second-order valence-electron chi connectivity index (χ2n) is 6.36. The number of halogens is 2. The van der Waals surface area contributed by atoms with Crippen LogP contribution >= 0.6 is 47.2 Å². The molecule has 0 N–H and O–H groups in total. The van der Waals surface area contributed by atoms with Crippen LogP contribution in [-0.4, -0.2) is 16.8 Å². The Morgan fingerprint density at radius 1 is 1.19 bits per heavy atom. The first-order chi connectivity index (χ1) is 12.9. The first-order valence-corrected chi connectivity index (χ1v) is 10.3. The van der Waals surface area contributed by atoms with E-state index in [-0.39, 0.29) is 5.91 Å². The van der Waals surface area contributed by atoms with Crippen molar-refractivity contribution in [3.63, 3.8) is 0 Å². The summed E-state index contributed by atoms with van der Waals surface area (Å²) >= 11 is 18.7. The highest BCUT2D eigenvalue weighted by molar-refractivity contribution is 8.27. The van der Waals surface area contributed by atoms with Crippen molar-refractivity contribution >= 4 is 69.2 Å². The maximum absolute atomic E-state index is 12.9. The Hall–Kier alpha value is -1.53. The van der Waals surface area contributed by atoms with Crippen LogP contribution < -0.4 is 9.64 Å². The Bertz CT molecular complexity index is 928. The molecule has 0 radical (unpaired) electrons. The van der Waals surface area contributed by atoms with Crippen molar-refractivity contribution in [3.8, 4) is 5.75 Å². The van der Waals surface area contributed by atoms with Crippen LogP contribution in [0.15, 0.2) is 47.4 Å². The molecule has 1 saturated heterocycles. The van der Waals surface area contributed by atoms with Gasteiger partial charge < -0.3 is 4.74 Å². The lowest BCUT2D eigenvalue weighted by Gasteiger charge is -2.15. The minimum Gasteiger partial charge on any atom is -0.493 e. The van der Waals surface area contributed by atoms with Gasteiger partial charge in [0.15, 0.2) is 4.32 Å². The van der Waals surface area contributed by atoms with E-state index in [0.717, 1.165) is 11.3 Å². The number of anilines is 1. The average molecular weight is 438 g/mol. The molecule has 1 aliphatic rings. The fourth-order valence-electron chi connectivity index (χ4n) is 2.44. The van der Waals surface area contributed by atoms with Crippen LogP contribution in [-0.2, 0) is 4.79 Å². The van der Waals surface area contributed by atoms with Gasteiger partial charge in [-0.15, -0.1) is 0 Å². The summed E-state index contributed by atoms with van der Waals surface area (Å²) in [6.45, 7) is 4.78. The number of hydrogen-bond acceptors (Lipinski definition) is 4. The number of rotatable bonds is 5. The number of amides is 1. The second-order valence-corrected chi connectivity index (χ2v) is 8.85. The molecule has 0 aromatic heterocycles. The number of carbonyl (C=O) groups is 1. The summed E-state index contributed by atoms with van der Waals surface area (Å²) in [4.78, 5) is 14.9. The van der Waals surface area contributed by atoms with Gasteiger partial charge in [-0.2, -0.15) is 0 Å². The summed E-state index contributed by atoms with van der Waals surface area (Å²) in [5, 5.41) is 0.803. The van der Waals surface area contributed by atoms with Gasteiger partial charge in [0.2, 0.25) is 0 Å². The van der Waals surface area contributed by atoms with Crippen LogP contribution in [0.25, 0.3) is 6.08 Å². The molecule has 7 heteroatoms. The molecule has 3 nitrogen and oxygen atoms in total. The van der Waals surface area contributed by atoms with Crippen molar-refractivity contribution < 1.29 is 9.53 Å². The molecule has 3 rings (SSSR count). The van der Waals surface area contributed by atoms with Crippen molar-refractivity contribution in [2.75, 3.05) is 11.5 Å². The molecule has 1 aliphatic heterocycles. The van der Waals surface area contributed by atoms with Crippen LogP contribution in [0, 0.1) is 5.92 Å². The van der Waals surface area contributed by atoms with Gasteiger partial charge in [0.1, 0.15) is 5.75 Å². The predicted octanol–water partition coefficient (Wildman–Crippen LogP) is 6.43. The van der Waals surface area contributed by atoms with E-state index >= 15 is 0 Å². The number of thiocarbonyl (C=S) groups is 1. The predicted molar refractivity (Wildman–Crippen MR) is 119 cm³/mol. The summed E-state index contributed by atoms with van der Waals surface area (Å²) in [6.07, 6.45) is 1.81. The minimum absolute atomic E-state index is 0.193. The summed E-state index contributed by atoms with van der Waals surface area (Å²) in [5.74, 6) is 0.957. The third-order valence-corrected chi connectivity index (χ3v) is 5.77. The highest BCUT2D eigenvalue weighted by Gasteiger charge is 2.33. The molecule has 27 heavy (non-hydrogen) atoms. The van der Waals surface area contributed by atoms with E-state index in [1.165, 1.54) is 16.7 Å². The van der Waals surface area contributed by atoms with Crippen molar-refractivity contribution in [2.24, 2.45) is 5.92 Å². The van der Waals surface area contributed by atoms with Crippen molar-refractivity contribution in [1.29, 1.82) is 0 Å². The molecule has 1 amide bonds. The Morgan fingerprint density at radius 3 is 2.63 bits per heavy atom. The van der Waals surface area contributed by atoms with E-state index < -0.39 is 0 Å². The average Bonchev–Trinajstić information content (AvgIpc) is 2.90. The molecule has 0 spiro atoms. The lowest BCUT2D eigenvalue weighted by molar-refractivity contribution is -0.113. The number of benzene rings is 2. The molecule has 0 aliphatic carbocycles. The number of ether oxygens (including phenoxy) is 1. The lowest BCUT2D eigenvalue weighted by atomic mass is 10.1. The largest absolute Gasteiger partial charge is 0.493 e. The lowest BCUT2D eigenvalue weighted by Crippen LogP contribution is -2.27. The maximum atomic E-state index is 12.9. The fraction of sp³-hybridized carbons (Fsp3) is 0.200. The Balaban J connectivity index is 1.90. The summed E-state index contributed by atoms with van der Waals surface area (Å²) < 4.78 is 6.32. The topological polar surface area (TPSA) is 29.5 Å². The molecular formula is C20H17Cl2NO2S2. The standard InChI is InChI=1S/C20H17Cl2NO2S2/c1-12(2)11-25-17-6-4-3-5-13(17)9-18-19(24)23(20(26)27-18)14-7-8-15(21)16(22)10-14/h3-10,12H,11H2,1-2H3/b18-9-. The first-order valence-electron chi connectivity index (χ1n) is 8.31. The zero-order valence-electron chi connectivity index (χ0n) is 14.7. The van der Waals surface area contributed by atoms with Crippen molar-refractivity contribution in [3.05, 3.63) is 63.0 Å². The molecule has 0 saturated carbocycles. The first kappa shape index (κ1) is 20.2. The monoisotopic (exact) mass is 437 g/mol. The molecule has 0 atom stereocenters. The van der Waals surface area contributed by atoms with Gasteiger partial charge in [-0.05, 0) is 36.3 Å². The van der Waals surface area contributed by atoms with Gasteiger partial charge in [0.05, 0.1) is 27.2 Å². The number of carbonyl (C=O) groups excluding carboxylic acids is 1. The van der Waals surface area contributed by atoms with Crippen LogP contribution in [0.4, 0.5) is 5.69 Å². The highest BCUT2D eigenvalue weighted by Crippen LogP contribution is 2.38. The van der Waals surface area contributed by atoms with Crippen LogP contribution in [0.2, 0.25) is 10.0 Å². The van der Waals surface area contributed by atoms with Gasteiger partial charge in [0, 0.05) is 5.56 Å². The van der Waals surface area contributed by atoms with Gasteiger partial charge in [-0.1, -0.05) is 79.2 Å². The molecular weight excluding hydrogens is 421 g/mol. The van der Waals surface area contributed by atoms with Crippen LogP contribution in [0.5, 0.6) is 5.75 Å². The van der Waals surface area contributed by atoms with E-state index in [1.807, 2.05) is 30.3 Å². The minimum atomic E-state index is -0.193. The third-order valence-electron chi connectivity index (χ3n) is 3.73. The normalized spacial score (nSPS) is 15.9. The quantitative estimate of drug-likeness (QED) is 0.397. The third kappa shape index (κ3) is 4.66. The Labute approximate surface area is 178 Å². The number of hydrogen-bond donors (Lipinski definition) is 0. The molecule has 2 aromatic carbocycles. The molecule has 0 bridgehead atoms. The highest BCUT2D eigenvalue weighted by atomic mass is 35.5. The van der Waals surface area contributed by atoms with E-state index in [2.05, 4.69) is 13.8 Å². The van der Waals surface area contributed by atoms with E-state index in [1.54, 1.807) is 18.2 Å². The summed E-state index contributed by atoms with van der Waals surface area (Å²) in [5.41, 5.74) is 1.44. The molecule has 0 unspecified atom stereocenters. The van der Waals surface area contributed by atoms with Crippen molar-refractivity contribution in [2.45, 2.75) is 13.8 Å². The smallest absolute Gasteiger partial charge is 0.270 e. The van der Waals surface area contributed by atoms with E-state index in [0.29, 0.717) is 37.5 Å². The summed E-state index contributed by atoms with van der Waals surface area (Å²) in [6, 6.07) is 12.6. The molecule has 140 valence electrons. The van der Waals surface area contributed by atoms with Gasteiger partial charge in [0.25, 0.3) is 5.91 Å².